The van der Waals surface area contributed by atoms with Gasteiger partial charge in [0.1, 0.15) is 0 Å². The zero-order valence-electron chi connectivity index (χ0n) is 12.4. The molecule has 3 fully saturated rings. The fourth-order valence-electron chi connectivity index (χ4n) is 4.17. The van der Waals surface area contributed by atoms with Gasteiger partial charge in [-0.25, -0.2) is 0 Å². The van der Waals surface area contributed by atoms with Crippen LogP contribution >= 0.6 is 0 Å². The molecule has 1 unspecified atom stereocenters. The van der Waals surface area contributed by atoms with Crippen LogP contribution in [0.15, 0.2) is 0 Å². The van der Waals surface area contributed by atoms with E-state index in [1.807, 2.05) is 4.90 Å². The van der Waals surface area contributed by atoms with E-state index >= 15 is 0 Å². The van der Waals surface area contributed by atoms with Crippen molar-refractivity contribution in [3.63, 3.8) is 0 Å². The summed E-state index contributed by atoms with van der Waals surface area (Å²) in [5, 5.41) is 3.46. The van der Waals surface area contributed by atoms with Gasteiger partial charge >= 0.3 is 0 Å². The van der Waals surface area contributed by atoms with E-state index in [0.29, 0.717) is 31.6 Å². The fraction of sp³-hybridized carbons (Fsp3) is 0.933. The van der Waals surface area contributed by atoms with Gasteiger partial charge in [0, 0.05) is 26.7 Å². The molecule has 5 nitrogen and oxygen atoms in total. The first kappa shape index (κ1) is 14.3. The van der Waals surface area contributed by atoms with E-state index in [1.165, 1.54) is 19.3 Å². The Hall–Kier alpha value is -0.650. The lowest BCUT2D eigenvalue weighted by molar-refractivity contribution is -0.154. The van der Waals surface area contributed by atoms with Crippen LogP contribution in [0, 0.1) is 11.3 Å². The van der Waals surface area contributed by atoms with Crippen LogP contribution in [0.3, 0.4) is 0 Å². The number of carbonyl (C=O) groups excluding carboxylic acids is 1. The second-order valence-corrected chi connectivity index (χ2v) is 6.43. The van der Waals surface area contributed by atoms with Crippen molar-refractivity contribution in [2.45, 2.75) is 31.8 Å². The minimum absolute atomic E-state index is 0.0329. The molecule has 3 atom stereocenters. The predicted octanol–water partition coefficient (Wildman–Crippen LogP) is 0.640. The predicted molar refractivity (Wildman–Crippen MR) is 75.5 cm³/mol. The summed E-state index contributed by atoms with van der Waals surface area (Å²) in [5.74, 6) is 0.893. The quantitative estimate of drug-likeness (QED) is 0.825. The molecule has 3 aliphatic rings. The molecule has 114 valence electrons. The minimum atomic E-state index is -0.132. The van der Waals surface area contributed by atoms with Gasteiger partial charge in [-0.05, 0) is 25.3 Å². The number of nitrogens with one attached hydrogen (secondary N) is 1. The smallest absolute Gasteiger partial charge is 0.230 e. The number of morpholine rings is 1. The summed E-state index contributed by atoms with van der Waals surface area (Å²) in [6, 6.07) is 0. The Labute approximate surface area is 121 Å². The van der Waals surface area contributed by atoms with Gasteiger partial charge in [0.25, 0.3) is 0 Å². The van der Waals surface area contributed by atoms with E-state index in [1.54, 1.807) is 7.11 Å². The molecular weight excluding hydrogens is 256 g/mol. The maximum absolute atomic E-state index is 13.1. The van der Waals surface area contributed by atoms with Gasteiger partial charge in [-0.3, -0.25) is 4.79 Å². The highest BCUT2D eigenvalue weighted by Gasteiger charge is 2.51. The Bertz CT molecular complexity index is 361. The molecule has 1 amide bonds. The molecule has 0 spiro atoms. The molecule has 0 bridgehead atoms. The van der Waals surface area contributed by atoms with Crippen molar-refractivity contribution >= 4 is 5.91 Å². The number of nitrogens with zero attached hydrogens (tertiary/aromatic N) is 1. The minimum Gasteiger partial charge on any atom is -0.382 e. The van der Waals surface area contributed by atoms with Crippen LogP contribution in [0.1, 0.15) is 25.7 Å². The normalized spacial score (nSPS) is 37.8. The van der Waals surface area contributed by atoms with Crippen LogP contribution in [0.4, 0.5) is 0 Å². The van der Waals surface area contributed by atoms with E-state index < -0.39 is 0 Å². The Morgan fingerprint density at radius 1 is 1.50 bits per heavy atom. The maximum Gasteiger partial charge on any atom is 0.230 e. The fourth-order valence-corrected chi connectivity index (χ4v) is 4.17. The van der Waals surface area contributed by atoms with Crippen LogP contribution in [0.2, 0.25) is 0 Å². The summed E-state index contributed by atoms with van der Waals surface area (Å²) in [5.41, 5.74) is -0.132. The number of hydrogen-bond acceptors (Lipinski definition) is 4. The number of ether oxygens (including phenoxy) is 2. The average molecular weight is 282 g/mol. The van der Waals surface area contributed by atoms with Crippen molar-refractivity contribution in [2.75, 3.05) is 46.5 Å². The van der Waals surface area contributed by atoms with Gasteiger partial charge in [0.2, 0.25) is 5.91 Å². The van der Waals surface area contributed by atoms with Crippen LogP contribution in [0.25, 0.3) is 0 Å². The molecular formula is C15H26N2O3. The number of methoxy groups -OCH3 is 1. The molecule has 0 aromatic rings. The van der Waals surface area contributed by atoms with Gasteiger partial charge in [-0.1, -0.05) is 12.8 Å². The lowest BCUT2D eigenvalue weighted by Gasteiger charge is -2.43. The number of rotatable bonds is 3. The van der Waals surface area contributed by atoms with Gasteiger partial charge in [0.15, 0.2) is 0 Å². The van der Waals surface area contributed by atoms with Crippen LogP contribution < -0.4 is 5.32 Å². The SMILES string of the molecule is COCC1CN(C(=O)[C@@]23CCCC[C@H]2CNC3)CCO1. The van der Waals surface area contributed by atoms with Crippen molar-refractivity contribution in [3.8, 4) is 0 Å². The Morgan fingerprint density at radius 2 is 2.40 bits per heavy atom. The summed E-state index contributed by atoms with van der Waals surface area (Å²) in [4.78, 5) is 15.1. The summed E-state index contributed by atoms with van der Waals surface area (Å²) in [7, 11) is 1.68. The highest BCUT2D eigenvalue weighted by Crippen LogP contribution is 2.45. The third-order valence-corrected chi connectivity index (χ3v) is 5.24. The highest BCUT2D eigenvalue weighted by atomic mass is 16.5. The van der Waals surface area contributed by atoms with Crippen molar-refractivity contribution in [2.24, 2.45) is 11.3 Å². The molecule has 2 aliphatic heterocycles. The molecule has 0 aromatic heterocycles. The van der Waals surface area contributed by atoms with Crippen LogP contribution in [-0.4, -0.2) is 63.4 Å². The molecule has 2 saturated heterocycles. The molecule has 20 heavy (non-hydrogen) atoms. The van der Waals surface area contributed by atoms with E-state index in [-0.39, 0.29) is 11.5 Å². The zero-order chi connectivity index (χ0) is 14.0. The van der Waals surface area contributed by atoms with Crippen molar-refractivity contribution in [1.82, 2.24) is 10.2 Å². The van der Waals surface area contributed by atoms with Gasteiger partial charge < -0.3 is 19.7 Å². The molecule has 3 rings (SSSR count). The standard InChI is InChI=1S/C15H26N2O3/c1-19-10-13-9-17(6-7-20-13)14(18)15-5-3-2-4-12(15)8-16-11-15/h12-13,16H,2-11H2,1H3/t12-,13?,15+/m0/s1. The second-order valence-electron chi connectivity index (χ2n) is 6.43. The molecule has 5 heteroatoms. The number of amides is 1. The Kier molecular flexibility index (Phi) is 4.29. The van der Waals surface area contributed by atoms with Gasteiger partial charge in [-0.15, -0.1) is 0 Å². The summed E-state index contributed by atoms with van der Waals surface area (Å²) < 4.78 is 10.8. The first-order valence-corrected chi connectivity index (χ1v) is 7.87. The Balaban J connectivity index is 1.70. The lowest BCUT2D eigenvalue weighted by Crippen LogP contribution is -2.55. The molecule has 0 aromatic carbocycles. The van der Waals surface area contributed by atoms with Crippen molar-refractivity contribution < 1.29 is 14.3 Å². The zero-order valence-corrected chi connectivity index (χ0v) is 12.4. The molecule has 2 heterocycles. The number of carbonyl (C=O) groups is 1. The largest absolute Gasteiger partial charge is 0.382 e. The van der Waals surface area contributed by atoms with Crippen LogP contribution in [0.5, 0.6) is 0 Å². The van der Waals surface area contributed by atoms with Gasteiger partial charge in [0.05, 0.1) is 24.7 Å². The third kappa shape index (κ3) is 2.47. The molecule has 1 N–H and O–H groups in total. The Morgan fingerprint density at radius 3 is 3.25 bits per heavy atom. The van der Waals surface area contributed by atoms with Crippen LogP contribution in [-0.2, 0) is 14.3 Å². The number of hydrogen-bond donors (Lipinski definition) is 1. The first-order chi connectivity index (χ1) is 9.76. The van der Waals surface area contributed by atoms with E-state index in [4.69, 9.17) is 9.47 Å². The third-order valence-electron chi connectivity index (χ3n) is 5.24. The van der Waals surface area contributed by atoms with Crippen molar-refractivity contribution in [3.05, 3.63) is 0 Å². The van der Waals surface area contributed by atoms with E-state index in [0.717, 1.165) is 26.1 Å². The summed E-state index contributed by atoms with van der Waals surface area (Å²) in [6.07, 6.45) is 4.75. The molecule has 1 aliphatic carbocycles. The average Bonchev–Trinajstić information content (AvgIpc) is 2.92. The monoisotopic (exact) mass is 282 g/mol. The second kappa shape index (κ2) is 6.00. The molecule has 1 saturated carbocycles. The van der Waals surface area contributed by atoms with Gasteiger partial charge in [-0.2, -0.15) is 0 Å². The number of fused-ring (bicyclic) bond motifs is 1. The topological polar surface area (TPSA) is 50.8 Å². The van der Waals surface area contributed by atoms with E-state index in [2.05, 4.69) is 5.32 Å². The maximum atomic E-state index is 13.1. The highest BCUT2D eigenvalue weighted by molar-refractivity contribution is 5.84. The molecule has 0 radical (unpaired) electrons. The van der Waals surface area contributed by atoms with E-state index in [9.17, 15) is 4.79 Å². The lowest BCUT2D eigenvalue weighted by atomic mass is 9.67. The summed E-state index contributed by atoms with van der Waals surface area (Å²) in [6.45, 7) is 4.49. The first-order valence-electron chi connectivity index (χ1n) is 7.87. The van der Waals surface area contributed by atoms with Crippen molar-refractivity contribution in [1.29, 1.82) is 0 Å². The summed E-state index contributed by atoms with van der Waals surface area (Å²) >= 11 is 0.